The maximum Gasteiger partial charge on any atom is 0.311 e. The van der Waals surface area contributed by atoms with Crippen LogP contribution in [0.5, 0.6) is 0 Å². The fourth-order valence-corrected chi connectivity index (χ4v) is 2.18. The maximum absolute atomic E-state index is 11.1. The van der Waals surface area contributed by atoms with Crippen LogP contribution in [0, 0.1) is 5.41 Å². The summed E-state index contributed by atoms with van der Waals surface area (Å²) in [7, 11) is 3.09. The highest BCUT2D eigenvalue weighted by Gasteiger charge is 2.18. The molecule has 1 rings (SSSR count). The Balaban J connectivity index is 2.43. The summed E-state index contributed by atoms with van der Waals surface area (Å²) in [6.45, 7) is 5.94. The number of carbonyl (C=O) groups excluding carboxylic acids is 1. The second-order valence-corrected chi connectivity index (χ2v) is 6.02. The smallest absolute Gasteiger partial charge is 0.311 e. The van der Waals surface area contributed by atoms with E-state index in [1.807, 2.05) is 5.38 Å². The monoisotopic (exact) mass is 286 g/mol. The molecule has 0 aliphatic rings. The Labute approximate surface area is 118 Å². The van der Waals surface area contributed by atoms with Gasteiger partial charge in [0.1, 0.15) is 0 Å². The van der Waals surface area contributed by atoms with Crippen LogP contribution in [0.25, 0.3) is 0 Å². The molecule has 0 bridgehead atoms. The molecule has 108 valence electrons. The molecule has 0 aliphatic carbocycles. The second-order valence-electron chi connectivity index (χ2n) is 5.16. The normalized spacial score (nSPS) is 11.4. The lowest BCUT2D eigenvalue weighted by molar-refractivity contribution is -0.139. The van der Waals surface area contributed by atoms with E-state index in [2.05, 4.69) is 28.9 Å². The molecular weight excluding hydrogens is 264 g/mol. The van der Waals surface area contributed by atoms with E-state index in [0.29, 0.717) is 0 Å². The summed E-state index contributed by atoms with van der Waals surface area (Å²) >= 11 is 1.51. The molecule has 19 heavy (non-hydrogen) atoms. The van der Waals surface area contributed by atoms with Crippen molar-refractivity contribution in [3.05, 3.63) is 11.1 Å². The van der Waals surface area contributed by atoms with Gasteiger partial charge in [-0.15, -0.1) is 11.3 Å². The molecule has 0 spiro atoms. The number of rotatable bonds is 8. The minimum absolute atomic E-state index is 0.143. The molecule has 0 saturated carbocycles. The lowest BCUT2D eigenvalue weighted by Crippen LogP contribution is -2.24. The average Bonchev–Trinajstić information content (AvgIpc) is 2.82. The fraction of sp³-hybridized carbons (Fsp3) is 0.692. The van der Waals surface area contributed by atoms with Crippen molar-refractivity contribution >= 4 is 22.4 Å². The lowest BCUT2D eigenvalue weighted by Gasteiger charge is -2.24. The summed E-state index contributed by atoms with van der Waals surface area (Å²) in [4.78, 5) is 15.5. The van der Waals surface area contributed by atoms with Crippen LogP contribution >= 0.6 is 11.3 Å². The molecule has 0 saturated heterocycles. The van der Waals surface area contributed by atoms with E-state index in [4.69, 9.17) is 4.74 Å². The molecule has 0 amide bonds. The van der Waals surface area contributed by atoms with E-state index >= 15 is 0 Å². The summed E-state index contributed by atoms with van der Waals surface area (Å²) in [6.07, 6.45) is 1.21. The van der Waals surface area contributed by atoms with Crippen LogP contribution in [-0.2, 0) is 20.7 Å². The molecule has 1 N–H and O–H groups in total. The highest BCUT2D eigenvalue weighted by molar-refractivity contribution is 7.13. The third-order valence-electron chi connectivity index (χ3n) is 2.81. The van der Waals surface area contributed by atoms with Gasteiger partial charge < -0.3 is 14.8 Å². The number of hydrogen-bond acceptors (Lipinski definition) is 6. The van der Waals surface area contributed by atoms with Gasteiger partial charge in [-0.2, -0.15) is 0 Å². The number of hydrogen-bond donors (Lipinski definition) is 1. The molecule has 0 fully saturated rings. The van der Waals surface area contributed by atoms with E-state index in [-0.39, 0.29) is 17.8 Å². The SMILES string of the molecule is COCCC(C)(C)CNc1nc(CC(=O)OC)cs1. The van der Waals surface area contributed by atoms with Crippen LogP contribution < -0.4 is 5.32 Å². The maximum atomic E-state index is 11.1. The van der Waals surface area contributed by atoms with Crippen LogP contribution in [0.4, 0.5) is 5.13 Å². The molecule has 0 aliphatic heterocycles. The van der Waals surface area contributed by atoms with Crippen molar-refractivity contribution in [2.24, 2.45) is 5.41 Å². The fourth-order valence-electron chi connectivity index (χ4n) is 1.47. The Morgan fingerprint density at radius 2 is 2.21 bits per heavy atom. The van der Waals surface area contributed by atoms with Crippen LogP contribution in [0.15, 0.2) is 5.38 Å². The summed E-state index contributed by atoms with van der Waals surface area (Å²) in [5.41, 5.74) is 0.888. The molecule has 0 aromatic carbocycles. The van der Waals surface area contributed by atoms with Crippen molar-refractivity contribution in [1.82, 2.24) is 4.98 Å². The van der Waals surface area contributed by atoms with E-state index in [1.165, 1.54) is 18.4 Å². The zero-order valence-corrected chi connectivity index (χ0v) is 12.8. The van der Waals surface area contributed by atoms with Gasteiger partial charge in [-0.05, 0) is 11.8 Å². The topological polar surface area (TPSA) is 60.5 Å². The molecule has 6 heteroatoms. The quantitative estimate of drug-likeness (QED) is 0.743. The number of methoxy groups -OCH3 is 2. The van der Waals surface area contributed by atoms with Gasteiger partial charge >= 0.3 is 5.97 Å². The highest BCUT2D eigenvalue weighted by Crippen LogP contribution is 2.23. The van der Waals surface area contributed by atoms with Gasteiger partial charge in [0.2, 0.25) is 0 Å². The molecule has 0 radical (unpaired) electrons. The Morgan fingerprint density at radius 3 is 2.84 bits per heavy atom. The zero-order chi connectivity index (χ0) is 14.3. The predicted molar refractivity (Wildman–Crippen MR) is 76.6 cm³/mol. The third-order valence-corrected chi connectivity index (χ3v) is 3.65. The second kappa shape index (κ2) is 7.45. The largest absolute Gasteiger partial charge is 0.469 e. The first-order valence-corrected chi connectivity index (χ1v) is 7.09. The van der Waals surface area contributed by atoms with Crippen molar-refractivity contribution in [2.75, 3.05) is 32.7 Å². The molecule has 5 nitrogen and oxygen atoms in total. The Bertz CT molecular complexity index is 404. The minimum Gasteiger partial charge on any atom is -0.469 e. The third kappa shape index (κ3) is 6.02. The van der Waals surface area contributed by atoms with E-state index in [9.17, 15) is 4.79 Å². The van der Waals surface area contributed by atoms with E-state index in [1.54, 1.807) is 7.11 Å². The zero-order valence-electron chi connectivity index (χ0n) is 12.0. The predicted octanol–water partition coefficient (Wildman–Crippen LogP) is 2.33. The molecule has 1 heterocycles. The van der Waals surface area contributed by atoms with Crippen molar-refractivity contribution < 1.29 is 14.3 Å². The standard InChI is InChI=1S/C13H22N2O3S/c1-13(2,5-6-17-3)9-14-12-15-10(8-19-12)7-11(16)18-4/h8H,5-7,9H2,1-4H3,(H,14,15). The molecule has 0 atom stereocenters. The number of nitrogens with one attached hydrogen (secondary N) is 1. The molecule has 1 aromatic heterocycles. The summed E-state index contributed by atoms with van der Waals surface area (Å²) in [5, 5.41) is 6.02. The van der Waals surface area contributed by atoms with Crippen molar-refractivity contribution in [1.29, 1.82) is 0 Å². The molecule has 1 aromatic rings. The van der Waals surface area contributed by atoms with E-state index in [0.717, 1.165) is 30.4 Å². The van der Waals surface area contributed by atoms with Gasteiger partial charge in [-0.25, -0.2) is 4.98 Å². The number of anilines is 1. The first kappa shape index (κ1) is 15.9. The van der Waals surface area contributed by atoms with Gasteiger partial charge in [0.15, 0.2) is 5.13 Å². The van der Waals surface area contributed by atoms with Crippen molar-refractivity contribution in [3.8, 4) is 0 Å². The van der Waals surface area contributed by atoms with E-state index < -0.39 is 0 Å². The van der Waals surface area contributed by atoms with Crippen molar-refractivity contribution in [2.45, 2.75) is 26.7 Å². The van der Waals surface area contributed by atoms with Crippen LogP contribution in [0.2, 0.25) is 0 Å². The van der Waals surface area contributed by atoms with Crippen LogP contribution in [0.3, 0.4) is 0 Å². The van der Waals surface area contributed by atoms with Crippen molar-refractivity contribution in [3.63, 3.8) is 0 Å². The average molecular weight is 286 g/mol. The highest BCUT2D eigenvalue weighted by atomic mass is 32.1. The number of carbonyl (C=O) groups is 1. The molecular formula is C13H22N2O3S. The summed E-state index contributed by atoms with van der Waals surface area (Å²) < 4.78 is 9.71. The minimum atomic E-state index is -0.266. The van der Waals surface area contributed by atoms with Gasteiger partial charge in [0, 0.05) is 25.6 Å². The number of thiazole rings is 1. The lowest BCUT2D eigenvalue weighted by atomic mass is 9.90. The number of esters is 1. The Kier molecular flexibility index (Phi) is 6.24. The van der Waals surface area contributed by atoms with Gasteiger partial charge in [0.05, 0.1) is 19.2 Å². The summed E-state index contributed by atoms with van der Waals surface area (Å²) in [5.74, 6) is -0.266. The first-order valence-electron chi connectivity index (χ1n) is 6.21. The van der Waals surface area contributed by atoms with Gasteiger partial charge in [-0.1, -0.05) is 13.8 Å². The number of nitrogens with zero attached hydrogens (tertiary/aromatic N) is 1. The Hall–Kier alpha value is -1.14. The summed E-state index contributed by atoms with van der Waals surface area (Å²) in [6, 6.07) is 0. The van der Waals surface area contributed by atoms with Crippen LogP contribution in [-0.4, -0.2) is 38.3 Å². The Morgan fingerprint density at radius 1 is 1.47 bits per heavy atom. The number of aromatic nitrogens is 1. The van der Waals surface area contributed by atoms with Gasteiger partial charge in [-0.3, -0.25) is 4.79 Å². The van der Waals surface area contributed by atoms with Crippen LogP contribution in [0.1, 0.15) is 26.0 Å². The number of ether oxygens (including phenoxy) is 2. The molecule has 0 unspecified atom stereocenters. The van der Waals surface area contributed by atoms with Gasteiger partial charge in [0.25, 0.3) is 0 Å². The first-order chi connectivity index (χ1) is 8.96.